The molecule has 6 heteroatoms. The molecule has 0 radical (unpaired) electrons. The Hall–Kier alpha value is -1.46. The van der Waals surface area contributed by atoms with Crippen LogP contribution < -0.4 is 11.5 Å². The molecule has 0 bridgehead atoms. The zero-order chi connectivity index (χ0) is 8.85. The minimum Gasteiger partial charge on any atom is -0.370 e. The largest absolute Gasteiger partial charge is 0.370 e. The fourth-order valence-corrected chi connectivity index (χ4v) is 0.572. The molecule has 0 saturated heterocycles. The van der Waals surface area contributed by atoms with Crippen molar-refractivity contribution in [3.05, 3.63) is 0 Å². The summed E-state index contributed by atoms with van der Waals surface area (Å²) in [5.74, 6) is -0.333. The molecule has 5 N–H and O–H groups in total. The monoisotopic (exact) mass is 158 g/mol. The average molecular weight is 158 g/mol. The van der Waals surface area contributed by atoms with E-state index in [1.54, 1.807) is 6.34 Å². The highest BCUT2D eigenvalue weighted by atomic mass is 15.6. The first-order valence-corrected chi connectivity index (χ1v) is 3.07. The maximum atomic E-state index is 6.06. The Morgan fingerprint density at radius 3 is 2.09 bits per heavy atom. The Balaban J connectivity index is 0.000000218. The molecule has 6 nitrogen and oxygen atoms in total. The Kier molecular flexibility index (Phi) is 3.79. The van der Waals surface area contributed by atoms with E-state index in [1.807, 2.05) is 24.0 Å². The van der Waals surface area contributed by atoms with Crippen molar-refractivity contribution in [2.75, 3.05) is 20.8 Å². The van der Waals surface area contributed by atoms with Gasteiger partial charge in [-0.15, -0.1) is 0 Å². The molecule has 0 spiro atoms. The molecule has 0 aliphatic carbocycles. The zero-order valence-electron chi connectivity index (χ0n) is 6.78. The second kappa shape index (κ2) is 4.37. The molecule has 0 unspecified atom stereocenters. The molecule has 11 heavy (non-hydrogen) atoms. The van der Waals surface area contributed by atoms with Crippen LogP contribution in [0.5, 0.6) is 0 Å². The van der Waals surface area contributed by atoms with Crippen molar-refractivity contribution in [1.82, 2.24) is 9.91 Å². The first-order valence-electron chi connectivity index (χ1n) is 3.07. The Labute approximate surface area is 65.9 Å². The SMILES string of the molecule is CN1C=NN(C)C1.N=C(N)N. The van der Waals surface area contributed by atoms with E-state index < -0.39 is 0 Å². The predicted molar refractivity (Wildman–Crippen MR) is 45.0 cm³/mol. The summed E-state index contributed by atoms with van der Waals surface area (Å²) in [5, 5.41) is 11.9. The van der Waals surface area contributed by atoms with Crippen LogP contribution in [0.1, 0.15) is 0 Å². The van der Waals surface area contributed by atoms with Gasteiger partial charge in [-0.2, -0.15) is 5.10 Å². The molecule has 0 aromatic heterocycles. The highest BCUT2D eigenvalue weighted by molar-refractivity contribution is 5.71. The maximum Gasteiger partial charge on any atom is 0.183 e. The Morgan fingerprint density at radius 2 is 2.00 bits per heavy atom. The summed E-state index contributed by atoms with van der Waals surface area (Å²) < 4.78 is 0. The van der Waals surface area contributed by atoms with Gasteiger partial charge in [0.15, 0.2) is 5.96 Å². The van der Waals surface area contributed by atoms with Gasteiger partial charge in [0.05, 0.1) is 0 Å². The average Bonchev–Trinajstić information content (AvgIpc) is 2.13. The topological polar surface area (TPSA) is 94.7 Å². The molecule has 0 aromatic rings. The lowest BCUT2D eigenvalue weighted by Gasteiger charge is -2.07. The molecule has 1 rings (SSSR count). The van der Waals surface area contributed by atoms with E-state index in [4.69, 9.17) is 5.41 Å². The zero-order valence-corrected chi connectivity index (χ0v) is 6.78. The van der Waals surface area contributed by atoms with Gasteiger partial charge in [-0.25, -0.2) is 0 Å². The van der Waals surface area contributed by atoms with Crippen LogP contribution >= 0.6 is 0 Å². The normalized spacial score (nSPS) is 14.4. The molecule has 0 fully saturated rings. The molecular weight excluding hydrogens is 144 g/mol. The molecule has 0 atom stereocenters. The highest BCUT2D eigenvalue weighted by Gasteiger charge is 2.01. The lowest BCUT2D eigenvalue weighted by Crippen LogP contribution is -2.20. The first-order chi connectivity index (χ1) is 5.02. The van der Waals surface area contributed by atoms with Crippen molar-refractivity contribution in [1.29, 1.82) is 5.41 Å². The van der Waals surface area contributed by atoms with Gasteiger partial charge in [0.1, 0.15) is 13.0 Å². The summed E-state index contributed by atoms with van der Waals surface area (Å²) in [5.41, 5.74) is 8.94. The van der Waals surface area contributed by atoms with Gasteiger partial charge in [-0.1, -0.05) is 0 Å². The van der Waals surface area contributed by atoms with Crippen LogP contribution in [0.25, 0.3) is 0 Å². The summed E-state index contributed by atoms with van der Waals surface area (Å²) in [6.45, 7) is 0.917. The van der Waals surface area contributed by atoms with Crippen molar-refractivity contribution in [3.8, 4) is 0 Å². The molecule has 1 aliphatic heterocycles. The van der Waals surface area contributed by atoms with Crippen molar-refractivity contribution < 1.29 is 0 Å². The van der Waals surface area contributed by atoms with E-state index in [-0.39, 0.29) is 5.96 Å². The van der Waals surface area contributed by atoms with E-state index in [1.165, 1.54) is 0 Å². The summed E-state index contributed by atoms with van der Waals surface area (Å²) >= 11 is 0. The van der Waals surface area contributed by atoms with Crippen LogP contribution in [-0.2, 0) is 0 Å². The van der Waals surface area contributed by atoms with Crippen molar-refractivity contribution in [2.24, 2.45) is 16.6 Å². The van der Waals surface area contributed by atoms with Crippen LogP contribution in [0.4, 0.5) is 0 Å². The summed E-state index contributed by atoms with van der Waals surface area (Å²) in [4.78, 5) is 2.01. The number of rotatable bonds is 0. The number of nitrogens with two attached hydrogens (primary N) is 2. The molecule has 1 heterocycles. The highest BCUT2D eigenvalue weighted by Crippen LogP contribution is 1.92. The molecule has 0 amide bonds. The summed E-state index contributed by atoms with van der Waals surface area (Å²) in [7, 11) is 3.94. The Morgan fingerprint density at radius 1 is 1.55 bits per heavy atom. The first kappa shape index (κ1) is 9.54. The van der Waals surface area contributed by atoms with Gasteiger partial charge in [0, 0.05) is 14.1 Å². The van der Waals surface area contributed by atoms with Crippen LogP contribution in [0, 0.1) is 5.41 Å². The third kappa shape index (κ3) is 6.42. The van der Waals surface area contributed by atoms with E-state index >= 15 is 0 Å². The van der Waals surface area contributed by atoms with Crippen LogP contribution in [-0.4, -0.2) is 43.0 Å². The second-order valence-electron chi connectivity index (χ2n) is 2.24. The van der Waals surface area contributed by atoms with E-state index in [0.29, 0.717) is 0 Å². The summed E-state index contributed by atoms with van der Waals surface area (Å²) in [6.07, 6.45) is 1.81. The number of hydrazone groups is 1. The number of guanidine groups is 1. The molecular formula is C5H14N6. The number of nitrogens with zero attached hydrogens (tertiary/aromatic N) is 3. The van der Waals surface area contributed by atoms with Gasteiger partial charge in [-0.3, -0.25) is 10.4 Å². The standard InChI is InChI=1S/C4H9N3.CH5N3/c1-6-3-5-7(2)4-6;2-1(3)4/h3H,4H2,1-2H3;(H5,2,3,4). The second-order valence-corrected chi connectivity index (χ2v) is 2.24. The lowest BCUT2D eigenvalue weighted by atomic mass is 10.9. The third-order valence-electron chi connectivity index (χ3n) is 0.874. The Bertz CT molecular complexity index is 139. The number of hydrogen-bond donors (Lipinski definition) is 3. The van der Waals surface area contributed by atoms with Crippen molar-refractivity contribution in [2.45, 2.75) is 0 Å². The van der Waals surface area contributed by atoms with Gasteiger partial charge in [0.25, 0.3) is 0 Å². The van der Waals surface area contributed by atoms with E-state index in [0.717, 1.165) is 6.67 Å². The smallest absolute Gasteiger partial charge is 0.183 e. The molecule has 1 aliphatic rings. The predicted octanol–water partition coefficient (Wildman–Crippen LogP) is -1.40. The quantitative estimate of drug-likeness (QED) is 0.298. The van der Waals surface area contributed by atoms with Gasteiger partial charge in [0.2, 0.25) is 0 Å². The van der Waals surface area contributed by atoms with Gasteiger partial charge in [-0.05, 0) is 0 Å². The van der Waals surface area contributed by atoms with E-state index in [2.05, 4.69) is 16.6 Å². The molecule has 0 saturated carbocycles. The fraction of sp³-hybridized carbons (Fsp3) is 0.600. The van der Waals surface area contributed by atoms with Crippen LogP contribution in [0.2, 0.25) is 0 Å². The minimum atomic E-state index is -0.333. The summed E-state index contributed by atoms with van der Waals surface area (Å²) in [6, 6.07) is 0. The van der Waals surface area contributed by atoms with Crippen molar-refractivity contribution >= 4 is 12.3 Å². The fourth-order valence-electron chi connectivity index (χ4n) is 0.572. The number of hydrogen-bond acceptors (Lipinski definition) is 4. The number of nitrogens with one attached hydrogen (secondary N) is 1. The van der Waals surface area contributed by atoms with Crippen LogP contribution in [0.3, 0.4) is 0 Å². The minimum absolute atomic E-state index is 0.333. The molecule has 0 aromatic carbocycles. The van der Waals surface area contributed by atoms with E-state index in [9.17, 15) is 0 Å². The van der Waals surface area contributed by atoms with Crippen LogP contribution in [0.15, 0.2) is 5.10 Å². The lowest BCUT2D eigenvalue weighted by molar-refractivity contribution is 0.304. The van der Waals surface area contributed by atoms with Gasteiger partial charge < -0.3 is 16.4 Å². The van der Waals surface area contributed by atoms with Crippen molar-refractivity contribution in [3.63, 3.8) is 0 Å². The third-order valence-corrected chi connectivity index (χ3v) is 0.874. The maximum absolute atomic E-state index is 6.06. The van der Waals surface area contributed by atoms with Gasteiger partial charge >= 0.3 is 0 Å². The molecule has 64 valence electrons.